The molecular weight excluding hydrogens is 311 g/mol. The smallest absolute Gasteiger partial charge is 0.308 e. The van der Waals surface area contributed by atoms with Crippen molar-refractivity contribution < 1.29 is 19.1 Å². The summed E-state index contributed by atoms with van der Waals surface area (Å²) in [6.07, 6.45) is 0. The summed E-state index contributed by atoms with van der Waals surface area (Å²) in [4.78, 5) is 21.5. The van der Waals surface area contributed by atoms with E-state index in [0.717, 1.165) is 3.57 Å². The van der Waals surface area contributed by atoms with Crippen LogP contribution >= 0.6 is 22.6 Å². The Bertz CT molecular complexity index is 400. The molecule has 0 amide bonds. The summed E-state index contributed by atoms with van der Waals surface area (Å²) in [5.41, 5.74) is 0. The quantitative estimate of drug-likeness (QED) is 0.476. The van der Waals surface area contributed by atoms with Crippen molar-refractivity contribution in [3.8, 4) is 11.5 Å². The monoisotopic (exact) mass is 320 g/mol. The number of carbonyl (C=O) groups is 2. The standard InChI is InChI=1S/C10H9IO4/c1-6(12)14-8-3-4-9(11)10(5-8)15-7(2)13/h3-5H,1-2H3. The zero-order chi connectivity index (χ0) is 11.4. The molecule has 80 valence electrons. The second-order valence-corrected chi connectivity index (χ2v) is 3.94. The van der Waals surface area contributed by atoms with E-state index in [1.54, 1.807) is 12.1 Å². The topological polar surface area (TPSA) is 52.6 Å². The van der Waals surface area contributed by atoms with E-state index in [-0.39, 0.29) is 0 Å². The fraction of sp³-hybridized carbons (Fsp3) is 0.200. The molecular formula is C10H9IO4. The number of halogens is 1. The van der Waals surface area contributed by atoms with Gasteiger partial charge < -0.3 is 9.47 Å². The summed E-state index contributed by atoms with van der Waals surface area (Å²) in [6, 6.07) is 4.85. The first-order valence-corrected chi connectivity index (χ1v) is 5.23. The maximum Gasteiger partial charge on any atom is 0.308 e. The van der Waals surface area contributed by atoms with Crippen LogP contribution in [0.2, 0.25) is 0 Å². The van der Waals surface area contributed by atoms with E-state index in [1.807, 2.05) is 22.6 Å². The second kappa shape index (κ2) is 5.11. The van der Waals surface area contributed by atoms with Gasteiger partial charge in [0, 0.05) is 19.9 Å². The van der Waals surface area contributed by atoms with Crippen molar-refractivity contribution in [2.75, 3.05) is 0 Å². The van der Waals surface area contributed by atoms with Crippen molar-refractivity contribution in [3.05, 3.63) is 21.8 Å². The van der Waals surface area contributed by atoms with E-state index in [4.69, 9.17) is 9.47 Å². The van der Waals surface area contributed by atoms with Crippen LogP contribution in [-0.4, -0.2) is 11.9 Å². The zero-order valence-corrected chi connectivity index (χ0v) is 10.4. The van der Waals surface area contributed by atoms with Gasteiger partial charge >= 0.3 is 11.9 Å². The molecule has 0 heterocycles. The van der Waals surface area contributed by atoms with E-state index in [0.29, 0.717) is 11.5 Å². The summed E-state index contributed by atoms with van der Waals surface area (Å²) in [6.45, 7) is 2.62. The van der Waals surface area contributed by atoms with Crippen LogP contribution in [0.5, 0.6) is 11.5 Å². The molecule has 0 aliphatic rings. The Balaban J connectivity index is 2.94. The number of carbonyl (C=O) groups excluding carboxylic acids is 2. The lowest BCUT2D eigenvalue weighted by molar-refractivity contribution is -0.132. The van der Waals surface area contributed by atoms with Gasteiger partial charge in [-0.2, -0.15) is 0 Å². The van der Waals surface area contributed by atoms with E-state index >= 15 is 0 Å². The molecule has 0 saturated carbocycles. The Morgan fingerprint density at radius 2 is 1.73 bits per heavy atom. The molecule has 0 radical (unpaired) electrons. The first-order chi connectivity index (χ1) is 6.99. The molecule has 15 heavy (non-hydrogen) atoms. The summed E-state index contributed by atoms with van der Waals surface area (Å²) in [5, 5.41) is 0. The average Bonchev–Trinajstić information content (AvgIpc) is 2.09. The minimum atomic E-state index is -0.412. The molecule has 0 bridgehead atoms. The second-order valence-electron chi connectivity index (χ2n) is 2.78. The number of esters is 2. The van der Waals surface area contributed by atoms with Gasteiger partial charge in [-0.05, 0) is 34.7 Å². The molecule has 0 aliphatic carbocycles. The van der Waals surface area contributed by atoms with E-state index < -0.39 is 11.9 Å². The lowest BCUT2D eigenvalue weighted by Gasteiger charge is -2.06. The Kier molecular flexibility index (Phi) is 4.07. The third-order valence-electron chi connectivity index (χ3n) is 1.42. The SMILES string of the molecule is CC(=O)Oc1ccc(I)c(OC(C)=O)c1. The average molecular weight is 320 g/mol. The highest BCUT2D eigenvalue weighted by atomic mass is 127. The van der Waals surface area contributed by atoms with Gasteiger partial charge in [-0.1, -0.05) is 0 Å². The van der Waals surface area contributed by atoms with Gasteiger partial charge in [0.15, 0.2) is 0 Å². The van der Waals surface area contributed by atoms with Crippen molar-refractivity contribution in [3.63, 3.8) is 0 Å². The lowest BCUT2D eigenvalue weighted by Crippen LogP contribution is -2.05. The van der Waals surface area contributed by atoms with Crippen LogP contribution in [0, 0.1) is 3.57 Å². The Morgan fingerprint density at radius 1 is 1.13 bits per heavy atom. The Morgan fingerprint density at radius 3 is 2.27 bits per heavy atom. The van der Waals surface area contributed by atoms with Gasteiger partial charge in [-0.3, -0.25) is 9.59 Å². The molecule has 1 rings (SSSR count). The predicted molar refractivity (Wildman–Crippen MR) is 61.8 cm³/mol. The normalized spacial score (nSPS) is 9.53. The maximum absolute atomic E-state index is 10.8. The fourth-order valence-corrected chi connectivity index (χ4v) is 1.39. The summed E-state index contributed by atoms with van der Waals surface area (Å²) < 4.78 is 10.6. The number of hydrogen-bond donors (Lipinski definition) is 0. The van der Waals surface area contributed by atoms with Crippen LogP contribution in [-0.2, 0) is 9.59 Å². The third-order valence-corrected chi connectivity index (χ3v) is 2.31. The highest BCUT2D eigenvalue weighted by Crippen LogP contribution is 2.26. The summed E-state index contributed by atoms with van der Waals surface area (Å²) >= 11 is 2.03. The van der Waals surface area contributed by atoms with Crippen LogP contribution in [0.3, 0.4) is 0 Å². The van der Waals surface area contributed by atoms with Crippen molar-refractivity contribution in [1.29, 1.82) is 0 Å². The van der Waals surface area contributed by atoms with Gasteiger partial charge in [0.2, 0.25) is 0 Å². The predicted octanol–water partition coefficient (Wildman–Crippen LogP) is 2.14. The molecule has 0 atom stereocenters. The van der Waals surface area contributed by atoms with Crippen LogP contribution in [0.15, 0.2) is 18.2 Å². The lowest BCUT2D eigenvalue weighted by atomic mass is 10.3. The first-order valence-electron chi connectivity index (χ1n) is 4.15. The molecule has 0 aromatic heterocycles. The van der Waals surface area contributed by atoms with Crippen LogP contribution in [0.4, 0.5) is 0 Å². The molecule has 0 N–H and O–H groups in total. The van der Waals surface area contributed by atoms with E-state index in [9.17, 15) is 9.59 Å². The van der Waals surface area contributed by atoms with Crippen LogP contribution in [0.1, 0.15) is 13.8 Å². The molecule has 0 unspecified atom stereocenters. The fourth-order valence-electron chi connectivity index (χ4n) is 0.946. The van der Waals surface area contributed by atoms with Crippen molar-refractivity contribution in [1.82, 2.24) is 0 Å². The molecule has 1 aromatic carbocycles. The van der Waals surface area contributed by atoms with Crippen LogP contribution < -0.4 is 9.47 Å². The number of benzene rings is 1. The third kappa shape index (κ3) is 3.86. The summed E-state index contributed by atoms with van der Waals surface area (Å²) in [5.74, 6) is -0.0705. The van der Waals surface area contributed by atoms with Crippen molar-refractivity contribution in [2.45, 2.75) is 13.8 Å². The molecule has 0 aliphatic heterocycles. The number of ether oxygens (including phenoxy) is 2. The van der Waals surface area contributed by atoms with Crippen molar-refractivity contribution >= 4 is 34.5 Å². The van der Waals surface area contributed by atoms with Gasteiger partial charge in [0.05, 0.1) is 3.57 Å². The largest absolute Gasteiger partial charge is 0.427 e. The minimum absolute atomic E-state index is 0.360. The Labute approximate surface area is 101 Å². The highest BCUT2D eigenvalue weighted by Gasteiger charge is 2.07. The molecule has 0 fully saturated rings. The highest BCUT2D eigenvalue weighted by molar-refractivity contribution is 14.1. The van der Waals surface area contributed by atoms with Crippen LogP contribution in [0.25, 0.3) is 0 Å². The molecule has 5 heteroatoms. The zero-order valence-electron chi connectivity index (χ0n) is 8.24. The van der Waals surface area contributed by atoms with Crippen molar-refractivity contribution in [2.24, 2.45) is 0 Å². The van der Waals surface area contributed by atoms with Gasteiger partial charge in [0.25, 0.3) is 0 Å². The van der Waals surface area contributed by atoms with E-state index in [1.165, 1.54) is 19.9 Å². The van der Waals surface area contributed by atoms with Gasteiger partial charge in [-0.25, -0.2) is 0 Å². The Hall–Kier alpha value is -1.11. The first kappa shape index (κ1) is 12.0. The number of rotatable bonds is 2. The molecule has 0 saturated heterocycles. The molecule has 4 nitrogen and oxygen atoms in total. The molecule has 1 aromatic rings. The van der Waals surface area contributed by atoms with Gasteiger partial charge in [-0.15, -0.1) is 0 Å². The van der Waals surface area contributed by atoms with Gasteiger partial charge in [0.1, 0.15) is 11.5 Å². The maximum atomic E-state index is 10.8. The van der Waals surface area contributed by atoms with E-state index in [2.05, 4.69) is 0 Å². The molecule has 0 spiro atoms. The number of hydrogen-bond acceptors (Lipinski definition) is 4. The minimum Gasteiger partial charge on any atom is -0.427 e. The summed E-state index contributed by atoms with van der Waals surface area (Å²) in [7, 11) is 0.